The standard InChI is InChI=1S/C20H21ClN2O4S/c1-3-11-22-28(25,26)19-10-4-7-16(14-19)20(24)23(2)12-6-13-27-18-9-5-8-17(21)15-18/h1,4-5,7-10,14-15,22H,6,11-13H2,2H3. The van der Waals surface area contributed by atoms with Crippen molar-refractivity contribution in [2.75, 3.05) is 26.7 Å². The Kier molecular flexibility index (Phi) is 7.88. The molecule has 0 aliphatic heterocycles. The van der Waals surface area contributed by atoms with E-state index in [1.165, 1.54) is 23.1 Å². The minimum Gasteiger partial charge on any atom is -0.493 e. The molecule has 0 saturated carbocycles. The van der Waals surface area contributed by atoms with Gasteiger partial charge < -0.3 is 9.64 Å². The lowest BCUT2D eigenvalue weighted by molar-refractivity contribution is 0.0787. The van der Waals surface area contributed by atoms with E-state index in [1.54, 1.807) is 37.4 Å². The zero-order valence-electron chi connectivity index (χ0n) is 15.4. The number of carbonyl (C=O) groups is 1. The summed E-state index contributed by atoms with van der Waals surface area (Å²) in [5.41, 5.74) is 0.279. The number of carbonyl (C=O) groups excluding carboxylic acids is 1. The zero-order chi connectivity index (χ0) is 20.6. The number of rotatable bonds is 9. The molecule has 1 amide bonds. The third-order valence-electron chi connectivity index (χ3n) is 3.80. The van der Waals surface area contributed by atoms with Crippen molar-refractivity contribution in [3.05, 3.63) is 59.1 Å². The van der Waals surface area contributed by atoms with Crippen LogP contribution in [0.3, 0.4) is 0 Å². The highest BCUT2D eigenvalue weighted by Crippen LogP contribution is 2.17. The van der Waals surface area contributed by atoms with Crippen molar-refractivity contribution in [2.24, 2.45) is 0 Å². The fourth-order valence-corrected chi connectivity index (χ4v) is 3.55. The molecule has 8 heteroatoms. The Morgan fingerprint density at radius 2 is 2.00 bits per heavy atom. The second-order valence-corrected chi connectivity index (χ2v) is 8.15. The van der Waals surface area contributed by atoms with Gasteiger partial charge in [0.25, 0.3) is 5.91 Å². The number of nitrogens with zero attached hydrogens (tertiary/aromatic N) is 1. The normalized spacial score (nSPS) is 10.9. The molecule has 0 unspecified atom stereocenters. The Labute approximate surface area is 170 Å². The summed E-state index contributed by atoms with van der Waals surface area (Å²) in [7, 11) is -2.10. The van der Waals surface area contributed by atoms with Crippen molar-refractivity contribution in [3.8, 4) is 18.1 Å². The highest BCUT2D eigenvalue weighted by atomic mass is 35.5. The highest BCUT2D eigenvalue weighted by Gasteiger charge is 2.17. The van der Waals surface area contributed by atoms with Gasteiger partial charge >= 0.3 is 0 Å². The predicted molar refractivity (Wildman–Crippen MR) is 109 cm³/mol. The van der Waals surface area contributed by atoms with Gasteiger partial charge in [-0.3, -0.25) is 4.79 Å². The first-order chi connectivity index (χ1) is 13.3. The molecule has 0 saturated heterocycles. The summed E-state index contributed by atoms with van der Waals surface area (Å²) in [4.78, 5) is 14.1. The number of terminal acetylenes is 1. The monoisotopic (exact) mass is 420 g/mol. The molecule has 148 valence electrons. The third kappa shape index (κ3) is 6.27. The van der Waals surface area contributed by atoms with Crippen LogP contribution in [0.25, 0.3) is 0 Å². The van der Waals surface area contributed by atoms with Gasteiger partial charge in [0.2, 0.25) is 10.0 Å². The van der Waals surface area contributed by atoms with Crippen LogP contribution < -0.4 is 9.46 Å². The predicted octanol–water partition coefficient (Wildman–Crippen LogP) is 2.79. The van der Waals surface area contributed by atoms with Crippen LogP contribution in [0.5, 0.6) is 5.75 Å². The largest absolute Gasteiger partial charge is 0.493 e. The van der Waals surface area contributed by atoms with Gasteiger partial charge in [-0.2, -0.15) is 4.72 Å². The first kappa shape index (κ1) is 21.8. The summed E-state index contributed by atoms with van der Waals surface area (Å²) < 4.78 is 32.2. The molecule has 0 aromatic heterocycles. The molecule has 0 aliphatic carbocycles. The number of ether oxygens (including phenoxy) is 1. The van der Waals surface area contributed by atoms with Crippen LogP contribution >= 0.6 is 11.6 Å². The molecule has 2 rings (SSSR count). The number of halogens is 1. The van der Waals surface area contributed by atoms with Crippen molar-refractivity contribution < 1.29 is 17.9 Å². The summed E-state index contributed by atoms with van der Waals surface area (Å²) in [5.74, 6) is 2.59. The highest BCUT2D eigenvalue weighted by molar-refractivity contribution is 7.89. The summed E-state index contributed by atoms with van der Waals surface area (Å²) in [6.07, 6.45) is 5.69. The number of benzene rings is 2. The van der Waals surface area contributed by atoms with Crippen LogP contribution in [0, 0.1) is 12.3 Å². The van der Waals surface area contributed by atoms with E-state index < -0.39 is 10.0 Å². The first-order valence-electron chi connectivity index (χ1n) is 8.50. The first-order valence-corrected chi connectivity index (χ1v) is 10.4. The summed E-state index contributed by atoms with van der Waals surface area (Å²) in [6.45, 7) is 0.751. The van der Waals surface area contributed by atoms with Gasteiger partial charge in [0.15, 0.2) is 0 Å². The molecule has 0 aliphatic rings. The van der Waals surface area contributed by atoms with Gasteiger partial charge in [0.1, 0.15) is 5.75 Å². The molecule has 0 fully saturated rings. The Bertz CT molecular complexity index is 970. The molecule has 0 atom stereocenters. The van der Waals surface area contributed by atoms with Gasteiger partial charge in [0.05, 0.1) is 18.0 Å². The SMILES string of the molecule is C#CCNS(=O)(=O)c1cccc(C(=O)N(C)CCCOc2cccc(Cl)c2)c1. The molecule has 0 bridgehead atoms. The van der Waals surface area contributed by atoms with Crippen molar-refractivity contribution in [1.29, 1.82) is 0 Å². The van der Waals surface area contributed by atoms with Gasteiger partial charge in [0, 0.05) is 24.2 Å². The van der Waals surface area contributed by atoms with Crippen molar-refractivity contribution in [2.45, 2.75) is 11.3 Å². The average Bonchev–Trinajstić information content (AvgIpc) is 2.69. The Morgan fingerprint density at radius 3 is 2.71 bits per heavy atom. The van der Waals surface area contributed by atoms with Gasteiger partial charge in [-0.05, 0) is 42.8 Å². The Balaban J connectivity index is 1.92. The maximum Gasteiger partial charge on any atom is 0.253 e. The van der Waals surface area contributed by atoms with E-state index in [1.807, 2.05) is 0 Å². The van der Waals surface area contributed by atoms with Crippen LogP contribution in [0.2, 0.25) is 5.02 Å². The quantitative estimate of drug-likeness (QED) is 0.500. The van der Waals surface area contributed by atoms with Crippen molar-refractivity contribution >= 4 is 27.5 Å². The van der Waals surface area contributed by atoms with E-state index in [9.17, 15) is 13.2 Å². The molecular weight excluding hydrogens is 400 g/mol. The Hall–Kier alpha value is -2.53. The van der Waals surface area contributed by atoms with E-state index >= 15 is 0 Å². The fourth-order valence-electron chi connectivity index (χ4n) is 2.39. The smallest absolute Gasteiger partial charge is 0.253 e. The van der Waals surface area contributed by atoms with E-state index in [4.69, 9.17) is 22.8 Å². The molecule has 1 N–H and O–H groups in total. The lowest BCUT2D eigenvalue weighted by atomic mass is 10.2. The molecule has 0 radical (unpaired) electrons. The van der Waals surface area contributed by atoms with Crippen LogP contribution in [0.4, 0.5) is 0 Å². The van der Waals surface area contributed by atoms with E-state index in [0.29, 0.717) is 30.3 Å². The van der Waals surface area contributed by atoms with Gasteiger partial charge in [-0.1, -0.05) is 29.7 Å². The van der Waals surface area contributed by atoms with Crippen molar-refractivity contribution in [3.63, 3.8) is 0 Å². The number of amides is 1. The van der Waals surface area contributed by atoms with Gasteiger partial charge in [-0.25, -0.2) is 8.42 Å². The molecule has 2 aromatic carbocycles. The second kappa shape index (κ2) is 10.1. The maximum atomic E-state index is 12.6. The van der Waals surface area contributed by atoms with E-state index in [0.717, 1.165) is 0 Å². The molecule has 2 aromatic rings. The minimum atomic E-state index is -3.75. The minimum absolute atomic E-state index is 0.00807. The second-order valence-electron chi connectivity index (χ2n) is 5.94. The molecule has 0 heterocycles. The number of hydrogen-bond acceptors (Lipinski definition) is 4. The number of hydrogen-bond donors (Lipinski definition) is 1. The topological polar surface area (TPSA) is 75.7 Å². The van der Waals surface area contributed by atoms with E-state index in [-0.39, 0.29) is 22.9 Å². The molecular formula is C20H21ClN2O4S. The average molecular weight is 421 g/mol. The van der Waals surface area contributed by atoms with Crippen LogP contribution in [-0.2, 0) is 10.0 Å². The number of sulfonamides is 1. The van der Waals surface area contributed by atoms with Crippen LogP contribution in [-0.4, -0.2) is 46.0 Å². The third-order valence-corrected chi connectivity index (χ3v) is 5.44. The molecule has 28 heavy (non-hydrogen) atoms. The van der Waals surface area contributed by atoms with Crippen LogP contribution in [0.1, 0.15) is 16.8 Å². The maximum absolute atomic E-state index is 12.6. The fraction of sp³-hybridized carbons (Fsp3) is 0.250. The summed E-state index contributed by atoms with van der Waals surface area (Å²) in [6, 6.07) is 12.9. The summed E-state index contributed by atoms with van der Waals surface area (Å²) in [5, 5.41) is 0.594. The van der Waals surface area contributed by atoms with Crippen LogP contribution in [0.15, 0.2) is 53.4 Å². The molecule has 0 spiro atoms. The lowest BCUT2D eigenvalue weighted by Crippen LogP contribution is -2.29. The zero-order valence-corrected chi connectivity index (χ0v) is 17.0. The van der Waals surface area contributed by atoms with Gasteiger partial charge in [-0.15, -0.1) is 6.42 Å². The van der Waals surface area contributed by atoms with Crippen molar-refractivity contribution in [1.82, 2.24) is 9.62 Å². The molecule has 6 nitrogen and oxygen atoms in total. The number of nitrogens with one attached hydrogen (secondary N) is 1. The summed E-state index contributed by atoms with van der Waals surface area (Å²) >= 11 is 5.90. The lowest BCUT2D eigenvalue weighted by Gasteiger charge is -2.18. The Morgan fingerprint density at radius 1 is 1.25 bits per heavy atom. The van der Waals surface area contributed by atoms with E-state index in [2.05, 4.69) is 10.6 Å².